The van der Waals surface area contributed by atoms with Crippen molar-refractivity contribution in [2.24, 2.45) is 5.92 Å². The molecular formula is C16H18F2N2OS. The lowest BCUT2D eigenvalue weighted by atomic mass is 9.81. The standard InChI is InChI=1S/C16H18F2N2OS/c17-16(18)4-1-10(2-5-16)14(21)7-12-15-11(3-6-22-15)13-8-19-9-20(12)13/h3,6,8-10,12,14,21H,1-2,4-5,7H2/t12-,14-/m0/s1. The first-order chi connectivity index (χ1) is 10.6. The van der Waals surface area contributed by atoms with Crippen LogP contribution in [0.15, 0.2) is 24.0 Å². The zero-order valence-corrected chi connectivity index (χ0v) is 12.9. The van der Waals surface area contributed by atoms with E-state index < -0.39 is 12.0 Å². The topological polar surface area (TPSA) is 38.1 Å². The number of hydrogen-bond acceptors (Lipinski definition) is 3. The molecule has 6 heteroatoms. The summed E-state index contributed by atoms with van der Waals surface area (Å²) in [5, 5.41) is 12.6. The number of aromatic nitrogens is 2. The van der Waals surface area contributed by atoms with Gasteiger partial charge in [0.1, 0.15) is 0 Å². The summed E-state index contributed by atoms with van der Waals surface area (Å²) in [5.74, 6) is -2.56. The Morgan fingerprint density at radius 1 is 1.41 bits per heavy atom. The van der Waals surface area contributed by atoms with E-state index in [1.807, 2.05) is 6.20 Å². The Balaban J connectivity index is 1.50. The second-order valence-corrected chi connectivity index (χ2v) is 7.34. The third kappa shape index (κ3) is 2.29. The molecule has 0 saturated heterocycles. The number of alkyl halides is 2. The van der Waals surface area contributed by atoms with Gasteiger partial charge in [-0.3, -0.25) is 0 Å². The van der Waals surface area contributed by atoms with E-state index in [2.05, 4.69) is 21.0 Å². The fraction of sp³-hybridized carbons (Fsp3) is 0.562. The van der Waals surface area contributed by atoms with Gasteiger partial charge < -0.3 is 9.67 Å². The van der Waals surface area contributed by atoms with Gasteiger partial charge in [-0.2, -0.15) is 0 Å². The Bertz CT molecular complexity index is 631. The molecule has 0 amide bonds. The molecular weight excluding hydrogens is 306 g/mol. The molecule has 1 saturated carbocycles. The van der Waals surface area contributed by atoms with Gasteiger partial charge in [-0.05, 0) is 36.6 Å². The molecule has 1 N–H and O–H groups in total. The van der Waals surface area contributed by atoms with Crippen molar-refractivity contribution in [1.29, 1.82) is 0 Å². The van der Waals surface area contributed by atoms with Gasteiger partial charge in [0.25, 0.3) is 0 Å². The predicted octanol–water partition coefficient (Wildman–Crippen LogP) is 4.09. The van der Waals surface area contributed by atoms with Gasteiger partial charge in [0.05, 0.1) is 30.4 Å². The molecule has 1 aliphatic heterocycles. The average molecular weight is 324 g/mol. The van der Waals surface area contributed by atoms with Crippen molar-refractivity contribution >= 4 is 11.3 Å². The summed E-state index contributed by atoms with van der Waals surface area (Å²) in [6.07, 6.45) is 4.31. The van der Waals surface area contributed by atoms with Crippen molar-refractivity contribution in [1.82, 2.24) is 9.55 Å². The van der Waals surface area contributed by atoms with E-state index in [1.165, 1.54) is 10.4 Å². The molecule has 3 nitrogen and oxygen atoms in total. The molecule has 118 valence electrons. The highest BCUT2D eigenvalue weighted by Gasteiger charge is 2.39. The summed E-state index contributed by atoms with van der Waals surface area (Å²) >= 11 is 1.69. The first-order valence-corrected chi connectivity index (χ1v) is 8.58. The number of thiophene rings is 1. The third-order valence-corrected chi connectivity index (χ3v) is 6.06. The van der Waals surface area contributed by atoms with Crippen LogP contribution in [-0.2, 0) is 0 Å². The van der Waals surface area contributed by atoms with E-state index in [0.717, 1.165) is 5.69 Å². The number of fused-ring (bicyclic) bond motifs is 3. The van der Waals surface area contributed by atoms with E-state index in [0.29, 0.717) is 19.3 Å². The van der Waals surface area contributed by atoms with Crippen molar-refractivity contribution in [2.75, 3.05) is 0 Å². The molecule has 0 spiro atoms. The molecule has 1 fully saturated rings. The van der Waals surface area contributed by atoms with E-state index in [1.54, 1.807) is 17.7 Å². The van der Waals surface area contributed by atoms with Gasteiger partial charge in [0.15, 0.2) is 0 Å². The first kappa shape index (κ1) is 14.3. The number of halogens is 2. The largest absolute Gasteiger partial charge is 0.393 e. The number of rotatable bonds is 3. The summed E-state index contributed by atoms with van der Waals surface area (Å²) in [4.78, 5) is 5.45. The Morgan fingerprint density at radius 2 is 2.18 bits per heavy atom. The highest BCUT2D eigenvalue weighted by molar-refractivity contribution is 7.10. The van der Waals surface area contributed by atoms with Crippen molar-refractivity contribution in [3.8, 4) is 11.3 Å². The predicted molar refractivity (Wildman–Crippen MR) is 81.2 cm³/mol. The lowest BCUT2D eigenvalue weighted by molar-refractivity contribution is -0.0638. The zero-order chi connectivity index (χ0) is 15.3. The summed E-state index contributed by atoms with van der Waals surface area (Å²) in [6.45, 7) is 0. The van der Waals surface area contributed by atoms with Crippen molar-refractivity contribution < 1.29 is 13.9 Å². The van der Waals surface area contributed by atoms with Crippen LogP contribution in [0, 0.1) is 5.92 Å². The normalized spacial score (nSPS) is 25.0. The summed E-state index contributed by atoms with van der Waals surface area (Å²) in [7, 11) is 0. The monoisotopic (exact) mass is 324 g/mol. The van der Waals surface area contributed by atoms with Gasteiger partial charge in [-0.15, -0.1) is 11.3 Å². The SMILES string of the molecule is O[C@@H](C[C@H]1c2sccc2-c2cncn21)C1CCC(F)(F)CC1. The Morgan fingerprint density at radius 3 is 2.95 bits per heavy atom. The molecule has 0 bridgehead atoms. The maximum Gasteiger partial charge on any atom is 0.248 e. The van der Waals surface area contributed by atoms with Crippen molar-refractivity contribution in [3.05, 3.63) is 28.8 Å². The van der Waals surface area contributed by atoms with E-state index in [-0.39, 0.29) is 24.8 Å². The van der Waals surface area contributed by atoms with Crippen LogP contribution in [-0.4, -0.2) is 26.7 Å². The van der Waals surface area contributed by atoms with Crippen LogP contribution in [0.25, 0.3) is 11.3 Å². The number of aliphatic hydroxyl groups is 1. The van der Waals surface area contributed by atoms with Crippen LogP contribution in [0.3, 0.4) is 0 Å². The molecule has 2 atom stereocenters. The minimum absolute atomic E-state index is 0.0180. The number of imidazole rings is 1. The molecule has 0 radical (unpaired) electrons. The molecule has 2 aromatic rings. The number of nitrogens with zero attached hydrogens (tertiary/aromatic N) is 2. The van der Waals surface area contributed by atoms with Gasteiger partial charge in [0.2, 0.25) is 5.92 Å². The lowest BCUT2D eigenvalue weighted by Gasteiger charge is -2.32. The maximum absolute atomic E-state index is 13.3. The molecule has 0 unspecified atom stereocenters. The summed E-state index contributed by atoms with van der Waals surface area (Å²) < 4.78 is 28.6. The Labute approximate surface area is 131 Å². The van der Waals surface area contributed by atoms with Gasteiger partial charge in [-0.1, -0.05) is 0 Å². The van der Waals surface area contributed by atoms with Crippen molar-refractivity contribution in [3.63, 3.8) is 0 Å². The van der Waals surface area contributed by atoms with E-state index in [9.17, 15) is 13.9 Å². The minimum atomic E-state index is -2.54. The lowest BCUT2D eigenvalue weighted by Crippen LogP contribution is -2.32. The second-order valence-electron chi connectivity index (χ2n) is 6.40. The molecule has 22 heavy (non-hydrogen) atoms. The van der Waals surface area contributed by atoms with Crippen molar-refractivity contribution in [2.45, 2.75) is 50.2 Å². The smallest absolute Gasteiger partial charge is 0.248 e. The highest BCUT2D eigenvalue weighted by atomic mass is 32.1. The fourth-order valence-electron chi connectivity index (χ4n) is 3.77. The molecule has 0 aromatic carbocycles. The van der Waals surface area contributed by atoms with Gasteiger partial charge >= 0.3 is 0 Å². The van der Waals surface area contributed by atoms with Gasteiger partial charge in [-0.25, -0.2) is 13.8 Å². The minimum Gasteiger partial charge on any atom is -0.393 e. The fourth-order valence-corrected chi connectivity index (χ4v) is 4.78. The van der Waals surface area contributed by atoms with Gasteiger partial charge in [0, 0.05) is 23.3 Å². The molecule has 2 aromatic heterocycles. The Hall–Kier alpha value is -1.27. The van der Waals surface area contributed by atoms with Crippen LogP contribution in [0.4, 0.5) is 8.78 Å². The number of hydrogen-bond donors (Lipinski definition) is 1. The highest BCUT2D eigenvalue weighted by Crippen LogP contribution is 2.46. The van der Waals surface area contributed by atoms with Crippen LogP contribution >= 0.6 is 11.3 Å². The molecule has 2 aliphatic rings. The van der Waals surface area contributed by atoms with Crippen LogP contribution < -0.4 is 0 Å². The first-order valence-electron chi connectivity index (χ1n) is 7.71. The van der Waals surface area contributed by atoms with E-state index >= 15 is 0 Å². The van der Waals surface area contributed by atoms with E-state index in [4.69, 9.17) is 0 Å². The molecule has 3 heterocycles. The van der Waals surface area contributed by atoms with Crippen LogP contribution in [0.1, 0.15) is 43.0 Å². The molecule has 4 rings (SSSR count). The zero-order valence-electron chi connectivity index (χ0n) is 12.1. The molecule has 1 aliphatic carbocycles. The third-order valence-electron chi connectivity index (χ3n) is 5.05. The quantitative estimate of drug-likeness (QED) is 0.923. The second kappa shape index (κ2) is 5.13. The average Bonchev–Trinajstić information content (AvgIpc) is 3.15. The summed E-state index contributed by atoms with van der Waals surface area (Å²) in [5.41, 5.74) is 2.28. The van der Waals surface area contributed by atoms with Crippen LogP contribution in [0.2, 0.25) is 0 Å². The van der Waals surface area contributed by atoms with Crippen LogP contribution in [0.5, 0.6) is 0 Å². The Kier molecular flexibility index (Phi) is 3.34. The summed E-state index contributed by atoms with van der Waals surface area (Å²) in [6, 6.07) is 2.17. The maximum atomic E-state index is 13.3. The number of aliphatic hydroxyl groups excluding tert-OH is 1.